The first-order valence-electron chi connectivity index (χ1n) is 11.3. The van der Waals surface area contributed by atoms with Gasteiger partial charge in [-0.15, -0.1) is 0 Å². The fraction of sp³-hybridized carbons (Fsp3) is 0.385. The van der Waals surface area contributed by atoms with Crippen molar-refractivity contribution < 1.29 is 23.8 Å². The maximum atomic E-state index is 13.4. The summed E-state index contributed by atoms with van der Waals surface area (Å²) in [4.78, 5) is 29.7. The molecule has 1 saturated heterocycles. The maximum Gasteiger partial charge on any atom is 0.295 e. The number of ketones is 1. The first kappa shape index (κ1) is 24.5. The van der Waals surface area contributed by atoms with E-state index in [-0.39, 0.29) is 23.0 Å². The van der Waals surface area contributed by atoms with E-state index in [1.165, 1.54) is 29.2 Å². The van der Waals surface area contributed by atoms with Crippen molar-refractivity contribution >= 4 is 17.4 Å². The van der Waals surface area contributed by atoms with Crippen molar-refractivity contribution in [3.05, 3.63) is 71.0 Å². The predicted octanol–water partition coefficient (Wildman–Crippen LogP) is 4.38. The van der Waals surface area contributed by atoms with Gasteiger partial charge in [0.1, 0.15) is 17.3 Å². The van der Waals surface area contributed by atoms with Crippen molar-refractivity contribution in [2.24, 2.45) is 0 Å². The summed E-state index contributed by atoms with van der Waals surface area (Å²) in [6.07, 6.45) is 0.00836. The van der Waals surface area contributed by atoms with Crippen molar-refractivity contribution in [1.29, 1.82) is 0 Å². The molecule has 6 nitrogen and oxygen atoms in total. The number of ether oxygens (including phenoxy) is 1. The number of halogens is 1. The first-order valence-corrected chi connectivity index (χ1v) is 11.3. The van der Waals surface area contributed by atoms with Gasteiger partial charge in [0.05, 0.1) is 17.7 Å². The van der Waals surface area contributed by atoms with Crippen LogP contribution in [-0.2, 0) is 9.59 Å². The van der Waals surface area contributed by atoms with Crippen LogP contribution in [0.2, 0.25) is 0 Å². The molecule has 2 aromatic rings. The number of rotatable bonds is 9. The van der Waals surface area contributed by atoms with E-state index in [1.807, 2.05) is 27.7 Å². The molecule has 1 N–H and O–H groups in total. The molecule has 3 rings (SSSR count). The lowest BCUT2D eigenvalue weighted by Gasteiger charge is -2.28. The summed E-state index contributed by atoms with van der Waals surface area (Å²) in [5, 5.41) is 11.0. The Hall–Kier alpha value is -3.19. The van der Waals surface area contributed by atoms with E-state index in [0.29, 0.717) is 24.4 Å². The molecule has 1 unspecified atom stereocenters. The van der Waals surface area contributed by atoms with Crippen LogP contribution in [-0.4, -0.2) is 58.9 Å². The summed E-state index contributed by atoms with van der Waals surface area (Å²) in [5.74, 6) is -1.50. The highest BCUT2D eigenvalue weighted by molar-refractivity contribution is 6.46. The van der Waals surface area contributed by atoms with Crippen LogP contribution < -0.4 is 4.74 Å². The second kappa shape index (κ2) is 10.6. The molecule has 1 aliphatic heterocycles. The SMILES string of the molecule is CCN(CC)CCN1C(=O)C(=O)C(=C(O)c2ccc(F)cc2)C1c1ccc(OC(C)C)cc1. The van der Waals surface area contributed by atoms with Crippen molar-refractivity contribution in [1.82, 2.24) is 9.80 Å². The zero-order valence-electron chi connectivity index (χ0n) is 19.5. The number of hydrogen-bond acceptors (Lipinski definition) is 5. The lowest BCUT2D eigenvalue weighted by atomic mass is 9.95. The van der Waals surface area contributed by atoms with E-state index >= 15 is 0 Å². The van der Waals surface area contributed by atoms with Crippen LogP contribution in [0.25, 0.3) is 5.76 Å². The van der Waals surface area contributed by atoms with Crippen LogP contribution in [0, 0.1) is 5.82 Å². The minimum atomic E-state index is -0.751. The number of carbonyl (C=O) groups is 2. The fourth-order valence-corrected chi connectivity index (χ4v) is 4.01. The number of benzene rings is 2. The minimum Gasteiger partial charge on any atom is -0.507 e. The quantitative estimate of drug-likeness (QED) is 0.346. The Kier molecular flexibility index (Phi) is 7.87. The number of aliphatic hydroxyl groups is 1. The molecule has 1 aliphatic rings. The largest absolute Gasteiger partial charge is 0.507 e. The Morgan fingerprint density at radius 1 is 1.06 bits per heavy atom. The normalized spacial score (nSPS) is 17.9. The molecule has 7 heteroatoms. The van der Waals surface area contributed by atoms with E-state index in [2.05, 4.69) is 4.90 Å². The van der Waals surface area contributed by atoms with Gasteiger partial charge in [0.2, 0.25) is 0 Å². The predicted molar refractivity (Wildman–Crippen MR) is 125 cm³/mol. The molecular weight excluding hydrogens is 423 g/mol. The minimum absolute atomic E-state index is 0.00341. The third-order valence-electron chi connectivity index (χ3n) is 5.78. The summed E-state index contributed by atoms with van der Waals surface area (Å²) in [5.41, 5.74) is 0.972. The smallest absolute Gasteiger partial charge is 0.295 e. The van der Waals surface area contributed by atoms with E-state index in [0.717, 1.165) is 13.1 Å². The van der Waals surface area contributed by atoms with E-state index in [9.17, 15) is 19.1 Å². The molecule has 176 valence electrons. The zero-order chi connectivity index (χ0) is 24.1. The van der Waals surface area contributed by atoms with Crippen LogP contribution in [0.15, 0.2) is 54.1 Å². The molecule has 0 aliphatic carbocycles. The van der Waals surface area contributed by atoms with Crippen LogP contribution in [0.5, 0.6) is 5.75 Å². The van der Waals surface area contributed by atoms with Gasteiger partial charge in [-0.1, -0.05) is 26.0 Å². The van der Waals surface area contributed by atoms with Crippen LogP contribution in [0.4, 0.5) is 4.39 Å². The Labute approximate surface area is 194 Å². The summed E-state index contributed by atoms with van der Waals surface area (Å²) in [7, 11) is 0. The summed E-state index contributed by atoms with van der Waals surface area (Å²) in [6, 6.07) is 11.6. The van der Waals surface area contributed by atoms with Gasteiger partial charge in [-0.25, -0.2) is 4.39 Å². The third kappa shape index (κ3) is 5.42. The fourth-order valence-electron chi connectivity index (χ4n) is 4.01. The number of amides is 1. The van der Waals surface area contributed by atoms with Crippen LogP contribution in [0.3, 0.4) is 0 Å². The number of likely N-dealkylation sites (tertiary alicyclic amines) is 1. The summed E-state index contributed by atoms with van der Waals surface area (Å²) in [6.45, 7) is 10.5. The molecule has 1 atom stereocenters. The van der Waals surface area contributed by atoms with Crippen LogP contribution in [0.1, 0.15) is 44.9 Å². The highest BCUT2D eigenvalue weighted by Crippen LogP contribution is 2.39. The van der Waals surface area contributed by atoms with E-state index < -0.39 is 23.5 Å². The maximum absolute atomic E-state index is 13.4. The molecule has 0 bridgehead atoms. The third-order valence-corrected chi connectivity index (χ3v) is 5.78. The number of aliphatic hydroxyl groups excluding tert-OH is 1. The number of likely N-dealkylation sites (N-methyl/N-ethyl adjacent to an activating group) is 1. The zero-order valence-corrected chi connectivity index (χ0v) is 19.5. The van der Waals surface area contributed by atoms with Gasteiger partial charge < -0.3 is 19.6 Å². The molecule has 1 heterocycles. The highest BCUT2D eigenvalue weighted by atomic mass is 19.1. The average Bonchev–Trinajstić information content (AvgIpc) is 3.05. The van der Waals surface area contributed by atoms with Crippen LogP contribution >= 0.6 is 0 Å². The van der Waals surface area contributed by atoms with Gasteiger partial charge >= 0.3 is 0 Å². The Balaban J connectivity index is 2.06. The first-order chi connectivity index (χ1) is 15.8. The molecule has 0 radical (unpaired) electrons. The summed E-state index contributed by atoms with van der Waals surface area (Å²) >= 11 is 0. The Bertz CT molecular complexity index is 1010. The van der Waals surface area contributed by atoms with Gasteiger partial charge in [-0.05, 0) is 68.9 Å². The van der Waals surface area contributed by atoms with Gasteiger partial charge in [0.15, 0.2) is 0 Å². The number of hydrogen-bond donors (Lipinski definition) is 1. The van der Waals surface area contributed by atoms with Gasteiger partial charge in [-0.2, -0.15) is 0 Å². The number of nitrogens with zero attached hydrogens (tertiary/aromatic N) is 2. The van der Waals surface area contributed by atoms with E-state index in [4.69, 9.17) is 4.74 Å². The molecule has 1 fully saturated rings. The van der Waals surface area contributed by atoms with Crippen molar-refractivity contribution in [3.8, 4) is 5.75 Å². The Morgan fingerprint density at radius 3 is 2.21 bits per heavy atom. The molecule has 1 amide bonds. The molecule has 33 heavy (non-hydrogen) atoms. The van der Waals surface area contributed by atoms with Crippen molar-refractivity contribution in [3.63, 3.8) is 0 Å². The number of carbonyl (C=O) groups excluding carboxylic acids is 2. The molecule has 2 aromatic carbocycles. The van der Waals surface area contributed by atoms with Crippen molar-refractivity contribution in [2.45, 2.75) is 39.8 Å². The summed E-state index contributed by atoms with van der Waals surface area (Å²) < 4.78 is 19.1. The monoisotopic (exact) mass is 454 g/mol. The number of Topliss-reactive ketones (excluding diaryl/α,β-unsaturated/α-hetero) is 1. The topological polar surface area (TPSA) is 70.1 Å². The lowest BCUT2D eigenvalue weighted by Crippen LogP contribution is -2.38. The lowest BCUT2D eigenvalue weighted by molar-refractivity contribution is -0.140. The second-order valence-electron chi connectivity index (χ2n) is 8.26. The Morgan fingerprint density at radius 2 is 1.67 bits per heavy atom. The van der Waals surface area contributed by atoms with Gasteiger partial charge in [-0.3, -0.25) is 9.59 Å². The standard InChI is InChI=1S/C26H31FN2O4/c1-5-28(6-2)15-16-29-23(18-9-13-21(14-10-18)33-17(3)4)22(25(31)26(29)32)24(30)19-7-11-20(27)12-8-19/h7-14,17,23,30H,5-6,15-16H2,1-4H3. The molecule has 0 aromatic heterocycles. The second-order valence-corrected chi connectivity index (χ2v) is 8.26. The molecule has 0 spiro atoms. The van der Waals surface area contributed by atoms with E-state index in [1.54, 1.807) is 24.3 Å². The van der Waals surface area contributed by atoms with Gasteiger partial charge in [0.25, 0.3) is 11.7 Å². The molecule has 0 saturated carbocycles. The highest BCUT2D eigenvalue weighted by Gasteiger charge is 2.45. The molecular formula is C26H31FN2O4. The van der Waals surface area contributed by atoms with Crippen molar-refractivity contribution in [2.75, 3.05) is 26.2 Å². The average molecular weight is 455 g/mol. The van der Waals surface area contributed by atoms with Gasteiger partial charge in [0, 0.05) is 18.7 Å².